The van der Waals surface area contributed by atoms with Crippen molar-refractivity contribution in [2.24, 2.45) is 0 Å². The molecule has 1 saturated heterocycles. The Balaban J connectivity index is 1.55. The molecule has 0 bridgehead atoms. The van der Waals surface area contributed by atoms with Gasteiger partial charge < -0.3 is 24.6 Å². The van der Waals surface area contributed by atoms with Crippen LogP contribution in [-0.2, 0) is 16.1 Å². The molecular weight excluding hydrogens is 336 g/mol. The topological polar surface area (TPSA) is 94.9 Å². The number of rotatable bonds is 4. The SMILES string of the molecule is CC(=O)N1CCN(C(=O)/C(C#N)=C\NCc2ccc3c(c2)OCO3)CC1. The van der Waals surface area contributed by atoms with Gasteiger partial charge in [-0.3, -0.25) is 9.59 Å². The number of amides is 2. The van der Waals surface area contributed by atoms with Gasteiger partial charge in [-0.1, -0.05) is 6.07 Å². The van der Waals surface area contributed by atoms with Crippen LogP contribution < -0.4 is 14.8 Å². The Hall–Kier alpha value is -3.21. The number of hydrogen-bond donors (Lipinski definition) is 1. The van der Waals surface area contributed by atoms with Crippen LogP contribution in [0.15, 0.2) is 30.0 Å². The Bertz CT molecular complexity index is 776. The Morgan fingerprint density at radius 1 is 1.19 bits per heavy atom. The van der Waals surface area contributed by atoms with Gasteiger partial charge in [0.2, 0.25) is 12.7 Å². The van der Waals surface area contributed by atoms with Crippen molar-refractivity contribution in [3.63, 3.8) is 0 Å². The number of carbonyl (C=O) groups excluding carboxylic acids is 2. The quantitative estimate of drug-likeness (QED) is 0.627. The van der Waals surface area contributed by atoms with Gasteiger partial charge in [0.25, 0.3) is 5.91 Å². The average Bonchev–Trinajstić information content (AvgIpc) is 3.12. The minimum atomic E-state index is -0.325. The Labute approximate surface area is 151 Å². The van der Waals surface area contributed by atoms with Gasteiger partial charge in [0, 0.05) is 45.8 Å². The van der Waals surface area contributed by atoms with E-state index in [1.807, 2.05) is 24.3 Å². The zero-order valence-corrected chi connectivity index (χ0v) is 14.5. The molecule has 136 valence electrons. The monoisotopic (exact) mass is 356 g/mol. The third-order valence-electron chi connectivity index (χ3n) is 4.35. The summed E-state index contributed by atoms with van der Waals surface area (Å²) in [6.45, 7) is 4.02. The molecule has 26 heavy (non-hydrogen) atoms. The van der Waals surface area contributed by atoms with Crippen LogP contribution in [0, 0.1) is 11.3 Å². The summed E-state index contributed by atoms with van der Waals surface area (Å²) in [7, 11) is 0. The summed E-state index contributed by atoms with van der Waals surface area (Å²) in [4.78, 5) is 27.1. The molecule has 0 unspecified atom stereocenters. The molecule has 0 atom stereocenters. The van der Waals surface area contributed by atoms with Gasteiger partial charge in [-0.05, 0) is 17.7 Å². The molecule has 1 aromatic carbocycles. The Morgan fingerprint density at radius 2 is 1.88 bits per heavy atom. The van der Waals surface area contributed by atoms with Crippen LogP contribution in [0.25, 0.3) is 0 Å². The molecule has 2 aliphatic rings. The number of hydrogen-bond acceptors (Lipinski definition) is 6. The van der Waals surface area contributed by atoms with Crippen molar-refractivity contribution in [1.82, 2.24) is 15.1 Å². The van der Waals surface area contributed by atoms with E-state index >= 15 is 0 Å². The van der Waals surface area contributed by atoms with Crippen molar-refractivity contribution in [2.45, 2.75) is 13.5 Å². The van der Waals surface area contributed by atoms with Crippen molar-refractivity contribution in [1.29, 1.82) is 5.26 Å². The number of ether oxygens (including phenoxy) is 2. The molecular formula is C18H20N4O4. The van der Waals surface area contributed by atoms with E-state index in [-0.39, 0.29) is 24.2 Å². The van der Waals surface area contributed by atoms with Crippen LogP contribution in [0.5, 0.6) is 11.5 Å². The molecule has 0 saturated carbocycles. The molecule has 0 aromatic heterocycles. The van der Waals surface area contributed by atoms with Crippen molar-refractivity contribution < 1.29 is 19.1 Å². The molecule has 8 nitrogen and oxygen atoms in total. The normalized spacial score (nSPS) is 16.2. The van der Waals surface area contributed by atoms with Crippen LogP contribution in [-0.4, -0.2) is 54.6 Å². The molecule has 1 fully saturated rings. The molecule has 0 aliphatic carbocycles. The number of fused-ring (bicyclic) bond motifs is 1. The first-order valence-corrected chi connectivity index (χ1v) is 8.35. The van der Waals surface area contributed by atoms with Crippen LogP contribution in [0.2, 0.25) is 0 Å². The Kier molecular flexibility index (Phi) is 5.27. The van der Waals surface area contributed by atoms with Crippen molar-refractivity contribution in [3.8, 4) is 17.6 Å². The number of nitrogens with zero attached hydrogens (tertiary/aromatic N) is 3. The minimum Gasteiger partial charge on any atom is -0.454 e. The van der Waals surface area contributed by atoms with Gasteiger partial charge in [0.15, 0.2) is 11.5 Å². The molecule has 2 aliphatic heterocycles. The van der Waals surface area contributed by atoms with Gasteiger partial charge >= 0.3 is 0 Å². The second kappa shape index (κ2) is 7.78. The molecule has 8 heteroatoms. The van der Waals surface area contributed by atoms with E-state index in [2.05, 4.69) is 5.32 Å². The lowest BCUT2D eigenvalue weighted by Crippen LogP contribution is -2.50. The number of piperazine rings is 1. The van der Waals surface area contributed by atoms with Gasteiger partial charge in [-0.2, -0.15) is 5.26 Å². The van der Waals surface area contributed by atoms with Gasteiger partial charge in [0.1, 0.15) is 11.6 Å². The molecule has 1 aromatic rings. The third kappa shape index (κ3) is 3.88. The van der Waals surface area contributed by atoms with Crippen LogP contribution in [0.1, 0.15) is 12.5 Å². The summed E-state index contributed by atoms with van der Waals surface area (Å²) >= 11 is 0. The summed E-state index contributed by atoms with van der Waals surface area (Å²) in [6.07, 6.45) is 1.43. The molecule has 2 heterocycles. The second-order valence-electron chi connectivity index (χ2n) is 6.04. The van der Waals surface area contributed by atoms with Gasteiger partial charge in [-0.15, -0.1) is 0 Å². The lowest BCUT2D eigenvalue weighted by molar-refractivity contribution is -0.136. The molecule has 0 spiro atoms. The van der Waals surface area contributed by atoms with E-state index in [9.17, 15) is 14.9 Å². The van der Waals surface area contributed by atoms with Crippen LogP contribution in [0.3, 0.4) is 0 Å². The fraction of sp³-hybridized carbons (Fsp3) is 0.389. The summed E-state index contributed by atoms with van der Waals surface area (Å²) < 4.78 is 10.6. The first-order valence-electron chi connectivity index (χ1n) is 8.35. The lowest BCUT2D eigenvalue weighted by Gasteiger charge is -2.34. The highest BCUT2D eigenvalue weighted by atomic mass is 16.7. The number of benzene rings is 1. The maximum Gasteiger partial charge on any atom is 0.266 e. The van der Waals surface area contributed by atoms with Crippen molar-refractivity contribution in [3.05, 3.63) is 35.5 Å². The number of carbonyl (C=O) groups is 2. The zero-order valence-electron chi connectivity index (χ0n) is 14.5. The van der Waals surface area contributed by atoms with Gasteiger partial charge in [-0.25, -0.2) is 0 Å². The molecule has 3 rings (SSSR count). The summed E-state index contributed by atoms with van der Waals surface area (Å²) in [5, 5.41) is 12.3. The van der Waals surface area contributed by atoms with Crippen molar-refractivity contribution >= 4 is 11.8 Å². The Morgan fingerprint density at radius 3 is 2.58 bits per heavy atom. The highest BCUT2D eigenvalue weighted by Crippen LogP contribution is 2.32. The molecule has 2 amide bonds. The first kappa shape index (κ1) is 17.6. The first-order chi connectivity index (χ1) is 12.6. The van der Waals surface area contributed by atoms with E-state index in [0.29, 0.717) is 44.2 Å². The average molecular weight is 356 g/mol. The van der Waals surface area contributed by atoms with Crippen LogP contribution >= 0.6 is 0 Å². The largest absolute Gasteiger partial charge is 0.454 e. The standard InChI is InChI=1S/C18H20N4O4/c1-13(23)21-4-6-22(7-5-21)18(24)15(9-19)11-20-10-14-2-3-16-17(8-14)26-12-25-16/h2-3,8,11,20H,4-7,10,12H2,1H3/b15-11-. The zero-order chi connectivity index (χ0) is 18.5. The summed E-state index contributed by atoms with van der Waals surface area (Å²) in [5.74, 6) is 1.07. The molecule has 0 radical (unpaired) electrons. The van der Waals surface area contributed by atoms with E-state index in [1.54, 1.807) is 9.80 Å². The van der Waals surface area contributed by atoms with Gasteiger partial charge in [0.05, 0.1) is 0 Å². The van der Waals surface area contributed by atoms with E-state index < -0.39 is 0 Å². The molecule has 1 N–H and O–H groups in total. The highest BCUT2D eigenvalue weighted by molar-refractivity contribution is 5.97. The minimum absolute atomic E-state index is 0.00135. The number of nitrogens with one attached hydrogen (secondary N) is 1. The van der Waals surface area contributed by atoms with E-state index in [4.69, 9.17) is 9.47 Å². The summed E-state index contributed by atoms with van der Waals surface area (Å²) in [5.41, 5.74) is 0.993. The summed E-state index contributed by atoms with van der Waals surface area (Å²) in [6, 6.07) is 7.52. The number of nitriles is 1. The fourth-order valence-corrected chi connectivity index (χ4v) is 2.86. The predicted molar refractivity (Wildman–Crippen MR) is 91.9 cm³/mol. The maximum absolute atomic E-state index is 12.5. The fourth-order valence-electron chi connectivity index (χ4n) is 2.86. The van der Waals surface area contributed by atoms with E-state index in [0.717, 1.165) is 5.56 Å². The smallest absolute Gasteiger partial charge is 0.266 e. The van der Waals surface area contributed by atoms with E-state index in [1.165, 1.54) is 13.1 Å². The lowest BCUT2D eigenvalue weighted by atomic mass is 10.2. The van der Waals surface area contributed by atoms with Crippen LogP contribution in [0.4, 0.5) is 0 Å². The second-order valence-corrected chi connectivity index (χ2v) is 6.04. The van der Waals surface area contributed by atoms with Crippen molar-refractivity contribution in [2.75, 3.05) is 33.0 Å². The maximum atomic E-state index is 12.5. The third-order valence-corrected chi connectivity index (χ3v) is 4.35. The predicted octanol–water partition coefficient (Wildman–Crippen LogP) is 0.603. The highest BCUT2D eigenvalue weighted by Gasteiger charge is 2.24.